The molecule has 6 nitrogen and oxygen atoms in total. The van der Waals surface area contributed by atoms with Crippen molar-refractivity contribution in [3.63, 3.8) is 0 Å². The molecule has 162 valence electrons. The highest BCUT2D eigenvalue weighted by Crippen LogP contribution is 2.26. The molecule has 1 aromatic carbocycles. The van der Waals surface area contributed by atoms with Gasteiger partial charge in [0, 0.05) is 36.7 Å². The van der Waals surface area contributed by atoms with Gasteiger partial charge in [0.2, 0.25) is 0 Å². The van der Waals surface area contributed by atoms with Crippen molar-refractivity contribution in [3.05, 3.63) is 70.9 Å². The fourth-order valence-electron chi connectivity index (χ4n) is 3.93. The molecule has 1 amide bonds. The second kappa shape index (κ2) is 9.56. The second-order valence-electron chi connectivity index (χ2n) is 8.09. The number of nitrogens with zero attached hydrogens (tertiary/aromatic N) is 3. The van der Waals surface area contributed by atoms with Crippen molar-refractivity contribution in [2.24, 2.45) is 5.92 Å². The molecular weight excluding hydrogens is 408 g/mol. The van der Waals surface area contributed by atoms with Crippen LogP contribution in [0.2, 0.25) is 0 Å². The van der Waals surface area contributed by atoms with Crippen molar-refractivity contribution >= 4 is 23.4 Å². The van der Waals surface area contributed by atoms with Crippen LogP contribution in [0.15, 0.2) is 52.0 Å². The van der Waals surface area contributed by atoms with E-state index in [9.17, 15) is 4.79 Å². The Labute approximate surface area is 187 Å². The lowest BCUT2D eigenvalue weighted by Gasteiger charge is -2.21. The molecule has 0 bridgehead atoms. The fraction of sp³-hybridized carbons (Fsp3) is 0.375. The molecule has 7 heteroatoms. The molecule has 0 saturated carbocycles. The first kappa shape index (κ1) is 21.4. The standard InChI is InChI=1S/C24H28N4O2S/c1-16-6-4-5-7-21(16)28-11-10-19(14-28)13-25-23(29)22-9-8-20(30-22)15-31-24-26-17(2)12-18(3)27-24/h4-9,12,19H,10-11,13-15H2,1-3H3,(H,25,29). The summed E-state index contributed by atoms with van der Waals surface area (Å²) >= 11 is 1.51. The minimum absolute atomic E-state index is 0.159. The van der Waals surface area contributed by atoms with Gasteiger partial charge in [-0.3, -0.25) is 4.79 Å². The van der Waals surface area contributed by atoms with Gasteiger partial charge in [-0.1, -0.05) is 30.0 Å². The van der Waals surface area contributed by atoms with Gasteiger partial charge in [-0.05, 0) is 62.9 Å². The molecule has 1 aliphatic heterocycles. The minimum Gasteiger partial charge on any atom is -0.455 e. The Hall–Kier alpha value is -2.80. The number of thioether (sulfide) groups is 1. The molecule has 1 unspecified atom stereocenters. The number of benzene rings is 1. The summed E-state index contributed by atoms with van der Waals surface area (Å²) in [4.78, 5) is 23.8. The lowest BCUT2D eigenvalue weighted by Crippen LogP contribution is -2.30. The average molecular weight is 437 g/mol. The normalized spacial score (nSPS) is 16.0. The van der Waals surface area contributed by atoms with Gasteiger partial charge < -0.3 is 14.6 Å². The van der Waals surface area contributed by atoms with Crippen molar-refractivity contribution in [2.75, 3.05) is 24.5 Å². The monoisotopic (exact) mass is 436 g/mol. The lowest BCUT2D eigenvalue weighted by molar-refractivity contribution is 0.0919. The van der Waals surface area contributed by atoms with Crippen molar-refractivity contribution in [1.29, 1.82) is 0 Å². The summed E-state index contributed by atoms with van der Waals surface area (Å²) in [5, 5.41) is 3.76. The van der Waals surface area contributed by atoms with Crippen molar-refractivity contribution in [2.45, 2.75) is 38.1 Å². The molecule has 1 fully saturated rings. The molecule has 1 saturated heterocycles. The third-order valence-electron chi connectivity index (χ3n) is 5.48. The summed E-state index contributed by atoms with van der Waals surface area (Å²) in [5.74, 6) is 1.96. The summed E-state index contributed by atoms with van der Waals surface area (Å²) in [6.07, 6.45) is 1.07. The van der Waals surface area contributed by atoms with E-state index in [1.807, 2.05) is 26.0 Å². The Balaban J connectivity index is 1.26. The molecule has 1 atom stereocenters. The third-order valence-corrected chi connectivity index (χ3v) is 6.35. The molecule has 0 radical (unpaired) electrons. The van der Waals surface area contributed by atoms with E-state index < -0.39 is 0 Å². The number of aryl methyl sites for hydroxylation is 3. The van der Waals surface area contributed by atoms with E-state index in [0.717, 1.165) is 41.8 Å². The summed E-state index contributed by atoms with van der Waals surface area (Å²) in [6, 6.07) is 14.0. The molecule has 1 N–H and O–H groups in total. The van der Waals surface area contributed by atoms with E-state index in [2.05, 4.69) is 51.4 Å². The molecule has 4 rings (SSSR count). The van der Waals surface area contributed by atoms with Crippen LogP contribution in [-0.2, 0) is 5.75 Å². The molecule has 0 spiro atoms. The Morgan fingerprint density at radius 1 is 1.16 bits per heavy atom. The number of hydrogen-bond donors (Lipinski definition) is 1. The van der Waals surface area contributed by atoms with Crippen LogP contribution in [0.3, 0.4) is 0 Å². The third kappa shape index (κ3) is 5.47. The zero-order valence-corrected chi connectivity index (χ0v) is 19.0. The topological polar surface area (TPSA) is 71.3 Å². The van der Waals surface area contributed by atoms with Crippen LogP contribution in [0.4, 0.5) is 5.69 Å². The molecule has 2 aromatic heterocycles. The number of amides is 1. The number of anilines is 1. The van der Waals surface area contributed by atoms with E-state index in [1.165, 1.54) is 23.0 Å². The Bertz CT molecular complexity index is 1040. The van der Waals surface area contributed by atoms with Gasteiger partial charge in [0.25, 0.3) is 5.91 Å². The molecule has 31 heavy (non-hydrogen) atoms. The van der Waals surface area contributed by atoms with Crippen molar-refractivity contribution < 1.29 is 9.21 Å². The minimum atomic E-state index is -0.159. The number of para-hydroxylation sites is 1. The predicted molar refractivity (Wildman–Crippen MR) is 124 cm³/mol. The smallest absolute Gasteiger partial charge is 0.287 e. The van der Waals surface area contributed by atoms with Crippen LogP contribution >= 0.6 is 11.8 Å². The van der Waals surface area contributed by atoms with E-state index in [1.54, 1.807) is 6.07 Å². The lowest BCUT2D eigenvalue weighted by atomic mass is 10.1. The first-order valence-electron chi connectivity index (χ1n) is 10.6. The van der Waals surface area contributed by atoms with Gasteiger partial charge in [0.05, 0.1) is 5.75 Å². The zero-order chi connectivity index (χ0) is 21.8. The van der Waals surface area contributed by atoms with E-state index in [4.69, 9.17) is 4.42 Å². The predicted octanol–water partition coefficient (Wildman–Crippen LogP) is 4.54. The van der Waals surface area contributed by atoms with E-state index >= 15 is 0 Å². The SMILES string of the molecule is Cc1cc(C)nc(SCc2ccc(C(=O)NCC3CCN(c4ccccc4C)C3)o2)n1. The highest BCUT2D eigenvalue weighted by molar-refractivity contribution is 7.98. The van der Waals surface area contributed by atoms with Gasteiger partial charge in [-0.2, -0.15) is 0 Å². The number of hydrogen-bond acceptors (Lipinski definition) is 6. The highest BCUT2D eigenvalue weighted by atomic mass is 32.2. The molecular formula is C24H28N4O2S. The van der Waals surface area contributed by atoms with Crippen LogP contribution in [0.5, 0.6) is 0 Å². The number of carbonyl (C=O) groups excluding carboxylic acids is 1. The first-order chi connectivity index (χ1) is 15.0. The Morgan fingerprint density at radius 3 is 2.71 bits per heavy atom. The summed E-state index contributed by atoms with van der Waals surface area (Å²) in [5.41, 5.74) is 4.47. The average Bonchev–Trinajstić information content (AvgIpc) is 3.40. The van der Waals surface area contributed by atoms with E-state index in [-0.39, 0.29) is 5.91 Å². The molecule has 3 heterocycles. The molecule has 3 aromatic rings. The largest absolute Gasteiger partial charge is 0.455 e. The van der Waals surface area contributed by atoms with Crippen LogP contribution in [0.1, 0.15) is 39.7 Å². The summed E-state index contributed by atoms with van der Waals surface area (Å²) < 4.78 is 5.75. The van der Waals surface area contributed by atoms with E-state index in [0.29, 0.717) is 24.0 Å². The van der Waals surface area contributed by atoms with Crippen molar-refractivity contribution in [1.82, 2.24) is 15.3 Å². The first-order valence-corrected chi connectivity index (χ1v) is 11.6. The molecule has 0 aliphatic carbocycles. The number of rotatable bonds is 7. The number of aromatic nitrogens is 2. The van der Waals surface area contributed by atoms with Crippen LogP contribution in [0, 0.1) is 26.7 Å². The number of nitrogens with one attached hydrogen (secondary N) is 1. The van der Waals surface area contributed by atoms with Crippen molar-refractivity contribution in [3.8, 4) is 0 Å². The zero-order valence-electron chi connectivity index (χ0n) is 18.2. The summed E-state index contributed by atoms with van der Waals surface area (Å²) in [6.45, 7) is 8.69. The Morgan fingerprint density at radius 2 is 1.94 bits per heavy atom. The van der Waals surface area contributed by atoms with Gasteiger partial charge in [0.1, 0.15) is 5.76 Å². The fourth-order valence-corrected chi connectivity index (χ4v) is 4.78. The quantitative estimate of drug-likeness (QED) is 0.433. The van der Waals surface area contributed by atoms with Gasteiger partial charge in [-0.25, -0.2) is 9.97 Å². The Kier molecular flexibility index (Phi) is 6.61. The van der Waals surface area contributed by atoms with Gasteiger partial charge in [0.15, 0.2) is 10.9 Å². The van der Waals surface area contributed by atoms with Crippen LogP contribution in [0.25, 0.3) is 0 Å². The highest BCUT2D eigenvalue weighted by Gasteiger charge is 2.24. The van der Waals surface area contributed by atoms with Gasteiger partial charge >= 0.3 is 0 Å². The maximum atomic E-state index is 12.5. The maximum Gasteiger partial charge on any atom is 0.287 e. The molecule has 1 aliphatic rings. The van der Waals surface area contributed by atoms with Crippen LogP contribution in [-0.4, -0.2) is 35.5 Å². The summed E-state index contributed by atoms with van der Waals surface area (Å²) in [7, 11) is 0. The van der Waals surface area contributed by atoms with Crippen LogP contribution < -0.4 is 10.2 Å². The number of carbonyl (C=O) groups is 1. The number of furan rings is 1. The second-order valence-corrected chi connectivity index (χ2v) is 9.03. The maximum absolute atomic E-state index is 12.5. The van der Waals surface area contributed by atoms with Gasteiger partial charge in [-0.15, -0.1) is 0 Å².